The van der Waals surface area contributed by atoms with Gasteiger partial charge in [-0.3, -0.25) is 14.4 Å². The van der Waals surface area contributed by atoms with Crippen LogP contribution in [0.2, 0.25) is 0 Å². The molecule has 3 unspecified atom stereocenters. The molecule has 34 heavy (non-hydrogen) atoms. The van der Waals surface area contributed by atoms with E-state index in [1.54, 1.807) is 43.3 Å². The highest BCUT2D eigenvalue weighted by Gasteiger charge is 2.79. The predicted molar refractivity (Wildman–Crippen MR) is 125 cm³/mol. The summed E-state index contributed by atoms with van der Waals surface area (Å²) in [4.78, 5) is 42.1. The molecule has 3 fully saturated rings. The molecule has 1 spiro atoms. The lowest BCUT2D eigenvalue weighted by Gasteiger charge is -2.36. The highest BCUT2D eigenvalue weighted by Crippen LogP contribution is 2.65. The van der Waals surface area contributed by atoms with Gasteiger partial charge in [-0.25, -0.2) is 0 Å². The number of benzene rings is 1. The Labute approximate surface area is 200 Å². The summed E-state index contributed by atoms with van der Waals surface area (Å²) in [6, 6.07) is 6.16. The van der Waals surface area contributed by atoms with E-state index in [1.165, 1.54) is 0 Å². The topological polar surface area (TPSA) is 117 Å². The number of hydrogen-bond donors (Lipinski definition) is 3. The molecule has 9 nitrogen and oxygen atoms in total. The molecule has 3 amide bonds. The van der Waals surface area contributed by atoms with Crippen molar-refractivity contribution in [2.45, 2.75) is 56.8 Å². The first-order valence-electron chi connectivity index (χ1n) is 12.0. The molecule has 3 aliphatic rings. The van der Waals surface area contributed by atoms with E-state index in [-0.39, 0.29) is 30.2 Å². The van der Waals surface area contributed by atoms with Gasteiger partial charge in [-0.2, -0.15) is 0 Å². The monoisotopic (exact) mass is 473 g/mol. The maximum Gasteiger partial charge on any atom is 0.250 e. The number of nitrogens with zero attached hydrogens (tertiary/aromatic N) is 1. The summed E-state index contributed by atoms with van der Waals surface area (Å²) in [7, 11) is 3.14. The third kappa shape index (κ3) is 3.65. The Hall–Kier alpha value is -2.65. The molecule has 3 aliphatic heterocycles. The van der Waals surface area contributed by atoms with Crippen LogP contribution in [0.15, 0.2) is 24.3 Å². The maximum absolute atomic E-state index is 13.8. The highest BCUT2D eigenvalue weighted by molar-refractivity contribution is 6.03. The van der Waals surface area contributed by atoms with E-state index >= 15 is 0 Å². The number of unbranched alkanes of at least 4 members (excludes halogenated alkanes) is 2. The number of aliphatic hydroxyl groups is 1. The molecule has 1 aromatic rings. The van der Waals surface area contributed by atoms with Gasteiger partial charge in [0.15, 0.2) is 0 Å². The predicted octanol–water partition coefficient (Wildman–Crippen LogP) is 1.55. The first-order chi connectivity index (χ1) is 16.2. The Morgan fingerprint density at radius 2 is 1.91 bits per heavy atom. The lowest BCUT2D eigenvalue weighted by molar-refractivity contribution is -0.146. The molecular weight excluding hydrogens is 438 g/mol. The Bertz CT molecular complexity index is 952. The summed E-state index contributed by atoms with van der Waals surface area (Å²) in [6.45, 7) is 4.36. The minimum Gasteiger partial charge on any atom is -0.497 e. The second-order valence-corrected chi connectivity index (χ2v) is 9.85. The van der Waals surface area contributed by atoms with E-state index in [0.29, 0.717) is 37.2 Å². The van der Waals surface area contributed by atoms with Crippen LogP contribution < -0.4 is 15.4 Å². The number of aliphatic hydroxyl groups excluding tert-OH is 1. The summed E-state index contributed by atoms with van der Waals surface area (Å²) in [5.74, 6) is -1.45. The van der Waals surface area contributed by atoms with Crippen molar-refractivity contribution >= 4 is 23.4 Å². The van der Waals surface area contributed by atoms with Gasteiger partial charge < -0.3 is 30.1 Å². The fourth-order valence-electron chi connectivity index (χ4n) is 6.29. The molecule has 0 aliphatic carbocycles. The zero-order valence-corrected chi connectivity index (χ0v) is 20.3. The van der Waals surface area contributed by atoms with E-state index in [0.717, 1.165) is 6.42 Å². The highest BCUT2D eigenvalue weighted by atomic mass is 16.5. The molecule has 3 saturated heterocycles. The molecule has 0 saturated carbocycles. The van der Waals surface area contributed by atoms with Crippen LogP contribution in [0.4, 0.5) is 5.69 Å². The Balaban J connectivity index is 1.69. The second kappa shape index (κ2) is 9.19. The van der Waals surface area contributed by atoms with Crippen LogP contribution in [0.25, 0.3) is 0 Å². The Morgan fingerprint density at radius 3 is 2.53 bits per heavy atom. The zero-order valence-electron chi connectivity index (χ0n) is 20.3. The SMILES string of the molecule is CNC(=O)[C@@H]1[C@H]2C(=O)N(CCCCCO)C(C(=O)Nc3ccc(OC)cc3)C23CC(C)[C@@]1(C)O3. The van der Waals surface area contributed by atoms with E-state index in [1.807, 2.05) is 13.8 Å². The number of likely N-dealkylation sites (tertiary alicyclic amines) is 1. The fraction of sp³-hybridized carbons (Fsp3) is 0.640. The number of hydrogen-bond acceptors (Lipinski definition) is 6. The normalized spacial score (nSPS) is 33.7. The zero-order chi connectivity index (χ0) is 24.7. The molecule has 0 aromatic heterocycles. The van der Waals surface area contributed by atoms with Gasteiger partial charge >= 0.3 is 0 Å². The summed E-state index contributed by atoms with van der Waals surface area (Å²) >= 11 is 0. The fourth-order valence-corrected chi connectivity index (χ4v) is 6.29. The Morgan fingerprint density at radius 1 is 1.21 bits per heavy atom. The van der Waals surface area contributed by atoms with Gasteiger partial charge in [-0.1, -0.05) is 6.92 Å². The standard InChI is InChI=1S/C25H35N3O6/c1-15-14-25-19(18(21(30)26-3)24(15,2)34-25)23(32)28(12-6-5-7-13-29)20(25)22(31)27-16-8-10-17(33-4)11-9-16/h8-11,15,18-20,29H,5-7,12-14H2,1-4H3,(H,26,30)(H,27,31)/t15?,18-,19-,20?,24+,25?/m0/s1. The van der Waals surface area contributed by atoms with E-state index in [4.69, 9.17) is 14.6 Å². The minimum absolute atomic E-state index is 0.00414. The average Bonchev–Trinajstić information content (AvgIpc) is 3.33. The third-order valence-electron chi connectivity index (χ3n) is 8.01. The van der Waals surface area contributed by atoms with Crippen molar-refractivity contribution in [2.75, 3.05) is 32.6 Å². The van der Waals surface area contributed by atoms with Crippen molar-refractivity contribution in [1.29, 1.82) is 0 Å². The van der Waals surface area contributed by atoms with Crippen LogP contribution in [0.1, 0.15) is 39.5 Å². The first kappa shape index (κ1) is 24.5. The molecular formula is C25H35N3O6. The van der Waals surface area contributed by atoms with E-state index in [9.17, 15) is 14.4 Å². The number of rotatable bonds is 9. The van der Waals surface area contributed by atoms with Crippen LogP contribution >= 0.6 is 0 Å². The second-order valence-electron chi connectivity index (χ2n) is 9.85. The van der Waals surface area contributed by atoms with Crippen LogP contribution in [-0.4, -0.2) is 72.3 Å². The summed E-state index contributed by atoms with van der Waals surface area (Å²) in [5.41, 5.74) is -1.29. The van der Waals surface area contributed by atoms with Gasteiger partial charge in [0.1, 0.15) is 17.4 Å². The number of ether oxygens (including phenoxy) is 2. The van der Waals surface area contributed by atoms with E-state index in [2.05, 4.69) is 10.6 Å². The number of carbonyl (C=O) groups excluding carboxylic acids is 3. The molecule has 1 aromatic carbocycles. The van der Waals surface area contributed by atoms with Gasteiger partial charge in [-0.15, -0.1) is 0 Å². The van der Waals surface area contributed by atoms with Crippen molar-refractivity contribution in [2.24, 2.45) is 17.8 Å². The van der Waals surface area contributed by atoms with Crippen molar-refractivity contribution in [1.82, 2.24) is 10.2 Å². The molecule has 4 rings (SSSR count). The molecule has 9 heteroatoms. The number of nitrogens with one attached hydrogen (secondary N) is 2. The smallest absolute Gasteiger partial charge is 0.250 e. The van der Waals surface area contributed by atoms with Crippen molar-refractivity contribution in [3.63, 3.8) is 0 Å². The molecule has 186 valence electrons. The first-order valence-corrected chi connectivity index (χ1v) is 12.0. The lowest BCUT2D eigenvalue weighted by atomic mass is 9.62. The number of anilines is 1. The van der Waals surface area contributed by atoms with Crippen molar-refractivity contribution in [3.05, 3.63) is 24.3 Å². The van der Waals surface area contributed by atoms with Crippen LogP contribution in [0.3, 0.4) is 0 Å². The quantitative estimate of drug-likeness (QED) is 0.469. The van der Waals surface area contributed by atoms with Crippen molar-refractivity contribution < 1.29 is 29.0 Å². The third-order valence-corrected chi connectivity index (χ3v) is 8.01. The van der Waals surface area contributed by atoms with Gasteiger partial charge in [-0.05, 0) is 62.8 Å². The van der Waals surface area contributed by atoms with Gasteiger partial charge in [0, 0.05) is 25.9 Å². The van der Waals surface area contributed by atoms with E-state index < -0.39 is 29.1 Å². The van der Waals surface area contributed by atoms with Gasteiger partial charge in [0.25, 0.3) is 0 Å². The number of methoxy groups -OCH3 is 1. The largest absolute Gasteiger partial charge is 0.497 e. The number of amides is 3. The van der Waals surface area contributed by atoms with Gasteiger partial charge in [0.2, 0.25) is 17.7 Å². The number of carbonyl (C=O) groups is 3. The molecule has 0 radical (unpaired) electrons. The van der Waals surface area contributed by atoms with Crippen LogP contribution in [0.5, 0.6) is 5.75 Å². The maximum atomic E-state index is 13.8. The number of fused-ring (bicyclic) bond motifs is 1. The molecule has 2 bridgehead atoms. The Kier molecular flexibility index (Phi) is 6.61. The summed E-state index contributed by atoms with van der Waals surface area (Å²) < 4.78 is 11.8. The molecule has 3 N–H and O–H groups in total. The summed E-state index contributed by atoms with van der Waals surface area (Å²) in [6.07, 6.45) is 2.55. The average molecular weight is 474 g/mol. The molecule has 3 heterocycles. The molecule has 6 atom stereocenters. The summed E-state index contributed by atoms with van der Waals surface area (Å²) in [5, 5.41) is 14.8. The van der Waals surface area contributed by atoms with Crippen LogP contribution in [0, 0.1) is 17.8 Å². The van der Waals surface area contributed by atoms with Crippen molar-refractivity contribution in [3.8, 4) is 5.75 Å². The lowest BCUT2D eigenvalue weighted by Crippen LogP contribution is -2.54. The minimum atomic E-state index is -1.06. The van der Waals surface area contributed by atoms with Crippen LogP contribution in [-0.2, 0) is 19.1 Å². The van der Waals surface area contributed by atoms with Gasteiger partial charge in [0.05, 0.1) is 24.5 Å².